The lowest BCUT2D eigenvalue weighted by atomic mass is 9.85. The van der Waals surface area contributed by atoms with Gasteiger partial charge in [0.25, 0.3) is 5.91 Å². The van der Waals surface area contributed by atoms with E-state index in [4.69, 9.17) is 10.1 Å². The number of aromatic nitrogens is 2. The van der Waals surface area contributed by atoms with E-state index >= 15 is 0 Å². The molecule has 10 nitrogen and oxygen atoms in total. The molecule has 2 aliphatic rings. The van der Waals surface area contributed by atoms with Gasteiger partial charge in [-0.3, -0.25) is 29.5 Å². The summed E-state index contributed by atoms with van der Waals surface area (Å²) in [7, 11) is 0. The largest absolute Gasteiger partial charge is 0.480 e. The number of fused-ring (bicyclic) bond motifs is 1. The Labute approximate surface area is 244 Å². The number of carbonyl (C=O) groups is 3. The molecule has 2 amide bonds. The first-order valence-electron chi connectivity index (χ1n) is 14.7. The summed E-state index contributed by atoms with van der Waals surface area (Å²) in [6.07, 6.45) is 3.04. The monoisotopic (exact) mass is 578 g/mol. The maximum absolute atomic E-state index is 13.5. The van der Waals surface area contributed by atoms with Gasteiger partial charge in [0.1, 0.15) is 5.82 Å². The highest BCUT2D eigenvalue weighted by Crippen LogP contribution is 2.37. The lowest BCUT2D eigenvalue weighted by Gasteiger charge is -2.33. The van der Waals surface area contributed by atoms with Crippen LogP contribution in [0.3, 0.4) is 0 Å². The Kier molecular flexibility index (Phi) is 9.18. The van der Waals surface area contributed by atoms with E-state index in [1.165, 1.54) is 24.3 Å². The zero-order chi connectivity index (χ0) is 29.8. The molecule has 42 heavy (non-hydrogen) atoms. The first-order valence-corrected chi connectivity index (χ1v) is 14.7. The summed E-state index contributed by atoms with van der Waals surface area (Å²) in [4.78, 5) is 45.9. The van der Waals surface area contributed by atoms with Gasteiger partial charge in [-0.15, -0.1) is 0 Å². The van der Waals surface area contributed by atoms with Crippen LogP contribution in [0.5, 0.6) is 0 Å². The predicted octanol–water partition coefficient (Wildman–Crippen LogP) is 3.89. The molecule has 0 spiro atoms. The van der Waals surface area contributed by atoms with Crippen LogP contribution in [0.25, 0.3) is 11.0 Å². The highest BCUT2D eigenvalue weighted by molar-refractivity contribution is 6.04. The Balaban J connectivity index is 1.38. The van der Waals surface area contributed by atoms with Crippen molar-refractivity contribution in [2.45, 2.75) is 58.2 Å². The lowest BCUT2D eigenvalue weighted by Crippen LogP contribution is -2.47. The molecule has 2 heterocycles. The van der Waals surface area contributed by atoms with Gasteiger partial charge in [0, 0.05) is 56.3 Å². The van der Waals surface area contributed by atoms with Crippen LogP contribution in [0.4, 0.5) is 10.3 Å². The van der Waals surface area contributed by atoms with E-state index in [-0.39, 0.29) is 36.4 Å². The van der Waals surface area contributed by atoms with Gasteiger partial charge in [0.2, 0.25) is 11.9 Å². The second-order valence-electron chi connectivity index (χ2n) is 11.7. The smallest absolute Gasteiger partial charge is 0.317 e. The Morgan fingerprint density at radius 2 is 1.64 bits per heavy atom. The van der Waals surface area contributed by atoms with Gasteiger partial charge in [-0.1, -0.05) is 6.07 Å². The second kappa shape index (κ2) is 13.0. The van der Waals surface area contributed by atoms with Crippen molar-refractivity contribution in [3.05, 3.63) is 59.4 Å². The summed E-state index contributed by atoms with van der Waals surface area (Å²) in [6.45, 7) is 7.70. The Morgan fingerprint density at radius 3 is 2.29 bits per heavy atom. The van der Waals surface area contributed by atoms with E-state index in [0.717, 1.165) is 61.9 Å². The van der Waals surface area contributed by atoms with Crippen molar-refractivity contribution in [3.63, 3.8) is 0 Å². The van der Waals surface area contributed by atoms with Gasteiger partial charge in [0.15, 0.2) is 0 Å². The zero-order valence-corrected chi connectivity index (χ0v) is 24.2. The quantitative estimate of drug-likeness (QED) is 0.353. The highest BCUT2D eigenvalue weighted by Gasteiger charge is 2.30. The molecule has 1 aliphatic heterocycles. The summed E-state index contributed by atoms with van der Waals surface area (Å²) in [5, 5.41) is 15.1. The average Bonchev–Trinajstić information content (AvgIpc) is 3.30. The summed E-state index contributed by atoms with van der Waals surface area (Å²) in [6, 6.07) is 11.7. The Morgan fingerprint density at radius 1 is 0.976 bits per heavy atom. The molecule has 0 unspecified atom stereocenters. The van der Waals surface area contributed by atoms with Crippen molar-refractivity contribution in [3.8, 4) is 0 Å². The third-order valence-electron chi connectivity index (χ3n) is 8.18. The number of imidazole rings is 1. The molecule has 0 atom stereocenters. The normalized spacial score (nSPS) is 20.1. The van der Waals surface area contributed by atoms with Gasteiger partial charge in [-0.25, -0.2) is 9.37 Å². The van der Waals surface area contributed by atoms with Crippen LogP contribution >= 0.6 is 0 Å². The van der Waals surface area contributed by atoms with Crippen molar-refractivity contribution in [1.82, 2.24) is 24.7 Å². The predicted molar refractivity (Wildman–Crippen MR) is 158 cm³/mol. The third-order valence-corrected chi connectivity index (χ3v) is 8.18. The molecule has 5 rings (SSSR count). The molecule has 1 saturated carbocycles. The van der Waals surface area contributed by atoms with Crippen LogP contribution < -0.4 is 10.6 Å². The fraction of sp³-hybridized carbons (Fsp3) is 0.484. The molecule has 1 aliphatic carbocycles. The first-order chi connectivity index (χ1) is 20.2. The number of carboxylic acid groups (broad SMARTS) is 1. The molecule has 2 fully saturated rings. The minimum absolute atomic E-state index is 0.0361. The number of nitrogens with zero attached hydrogens (tertiary/aromatic N) is 4. The number of anilines is 1. The number of nitrogens with one attached hydrogen (secondary N) is 2. The van der Waals surface area contributed by atoms with E-state index in [0.29, 0.717) is 24.6 Å². The molecule has 0 radical (unpaired) electrons. The van der Waals surface area contributed by atoms with Gasteiger partial charge >= 0.3 is 5.97 Å². The minimum Gasteiger partial charge on any atom is -0.480 e. The van der Waals surface area contributed by atoms with Crippen LogP contribution in [0.2, 0.25) is 0 Å². The molecule has 224 valence electrons. The fourth-order valence-electron chi connectivity index (χ4n) is 6.02. The number of hydrogen-bond acceptors (Lipinski definition) is 6. The molecule has 3 aromatic rings. The van der Waals surface area contributed by atoms with Crippen molar-refractivity contribution in [2.75, 3.05) is 38.0 Å². The number of hydrogen-bond donors (Lipinski definition) is 3. The second-order valence-corrected chi connectivity index (χ2v) is 11.7. The van der Waals surface area contributed by atoms with Gasteiger partial charge < -0.3 is 15.0 Å². The Hall–Kier alpha value is -3.83. The Bertz CT molecular complexity index is 1420. The number of piperazine rings is 1. The van der Waals surface area contributed by atoms with Crippen LogP contribution in [0.1, 0.15) is 61.5 Å². The van der Waals surface area contributed by atoms with Crippen LogP contribution in [-0.4, -0.2) is 81.0 Å². The number of rotatable bonds is 9. The SMILES string of the molecule is CC(C)NC(=O)C1CCC(n2c(NC(=O)c3ccc(F)cc3)nc3ccc(CN4CCN(CC(=O)O)CC4)cc32)CC1. The summed E-state index contributed by atoms with van der Waals surface area (Å²) in [5.41, 5.74) is 3.13. The number of benzene rings is 2. The molecular formula is C31H39FN6O4. The van der Waals surface area contributed by atoms with Crippen molar-refractivity contribution in [2.24, 2.45) is 5.92 Å². The zero-order valence-electron chi connectivity index (χ0n) is 24.2. The first kappa shape index (κ1) is 29.7. The van der Waals surface area contributed by atoms with Crippen molar-refractivity contribution in [1.29, 1.82) is 0 Å². The van der Waals surface area contributed by atoms with Crippen molar-refractivity contribution < 1.29 is 23.9 Å². The molecular weight excluding hydrogens is 539 g/mol. The maximum atomic E-state index is 13.5. The lowest BCUT2D eigenvalue weighted by molar-refractivity contribution is -0.138. The van der Waals surface area contributed by atoms with E-state index < -0.39 is 11.8 Å². The molecule has 0 bridgehead atoms. The van der Waals surface area contributed by atoms with E-state index in [2.05, 4.69) is 26.2 Å². The van der Waals surface area contributed by atoms with Crippen molar-refractivity contribution >= 4 is 34.8 Å². The molecule has 2 aromatic carbocycles. The van der Waals surface area contributed by atoms with Gasteiger partial charge in [-0.05, 0) is 81.5 Å². The van der Waals surface area contributed by atoms with Gasteiger partial charge in [-0.2, -0.15) is 0 Å². The standard InChI is InChI=1S/C31H39FN6O4/c1-20(2)33-29(41)23-6-10-25(11-7-23)38-27-17-21(18-36-13-15-37(16-14-36)19-28(39)40)3-12-26(27)34-31(38)35-30(42)22-4-8-24(32)9-5-22/h3-5,8-9,12,17,20,23,25H,6-7,10-11,13-16,18-19H2,1-2H3,(H,33,41)(H,39,40)(H,34,35,42). The number of carbonyl (C=O) groups excluding carboxylic acids is 2. The number of aliphatic carboxylic acids is 1. The van der Waals surface area contributed by atoms with Crippen LogP contribution in [-0.2, 0) is 16.1 Å². The minimum atomic E-state index is -0.806. The van der Waals surface area contributed by atoms with E-state index in [1.807, 2.05) is 30.9 Å². The number of halogens is 1. The number of carboxylic acids is 1. The van der Waals surface area contributed by atoms with Crippen LogP contribution in [0.15, 0.2) is 42.5 Å². The molecule has 11 heteroatoms. The summed E-state index contributed by atoms with van der Waals surface area (Å²) < 4.78 is 15.5. The number of amides is 2. The topological polar surface area (TPSA) is 120 Å². The highest BCUT2D eigenvalue weighted by atomic mass is 19.1. The maximum Gasteiger partial charge on any atom is 0.317 e. The third kappa shape index (κ3) is 7.14. The van der Waals surface area contributed by atoms with E-state index in [1.54, 1.807) is 0 Å². The average molecular weight is 579 g/mol. The van der Waals surface area contributed by atoms with Gasteiger partial charge in [0.05, 0.1) is 17.6 Å². The fourth-order valence-corrected chi connectivity index (χ4v) is 6.02. The molecule has 1 saturated heterocycles. The van der Waals surface area contributed by atoms with Crippen LogP contribution in [0, 0.1) is 11.7 Å². The molecule has 3 N–H and O–H groups in total. The summed E-state index contributed by atoms with van der Waals surface area (Å²) in [5.74, 6) is -1.09. The molecule has 1 aromatic heterocycles. The summed E-state index contributed by atoms with van der Waals surface area (Å²) >= 11 is 0. The van der Waals surface area contributed by atoms with E-state index in [9.17, 15) is 18.8 Å².